The fourth-order valence-electron chi connectivity index (χ4n) is 3.74. The smallest absolute Gasteiger partial charge is 0.411 e. The first-order valence-corrected chi connectivity index (χ1v) is 11.1. The molecular formula is C25H29N3O4. The van der Waals surface area contributed by atoms with E-state index in [0.29, 0.717) is 23.7 Å². The van der Waals surface area contributed by atoms with Gasteiger partial charge >= 0.3 is 6.09 Å². The molecule has 7 nitrogen and oxygen atoms in total. The Morgan fingerprint density at radius 3 is 2.53 bits per heavy atom. The van der Waals surface area contributed by atoms with E-state index in [4.69, 9.17) is 4.74 Å². The molecule has 2 aromatic rings. The minimum absolute atomic E-state index is 0.102. The van der Waals surface area contributed by atoms with E-state index in [1.807, 2.05) is 50.2 Å². The molecule has 1 aliphatic carbocycles. The SMILES string of the molecule is CC(C)C(=O)Nc1cccc(C2OC(=O)N(Cc3ccccc3)C2C(=O)NCC2CC2)c1. The summed E-state index contributed by atoms with van der Waals surface area (Å²) in [5.74, 6) is 0.0353. The molecule has 3 amide bonds. The molecule has 1 saturated carbocycles. The largest absolute Gasteiger partial charge is 0.438 e. The Kier molecular flexibility index (Phi) is 6.44. The molecule has 0 spiro atoms. The first-order valence-electron chi connectivity index (χ1n) is 11.1. The molecule has 32 heavy (non-hydrogen) atoms. The highest BCUT2D eigenvalue weighted by Crippen LogP contribution is 2.35. The third-order valence-electron chi connectivity index (χ3n) is 5.82. The second-order valence-electron chi connectivity index (χ2n) is 8.82. The predicted molar refractivity (Wildman–Crippen MR) is 121 cm³/mol. The van der Waals surface area contributed by atoms with Gasteiger partial charge in [0, 0.05) is 18.2 Å². The highest BCUT2D eigenvalue weighted by molar-refractivity contribution is 5.92. The van der Waals surface area contributed by atoms with Crippen LogP contribution in [0.3, 0.4) is 0 Å². The molecule has 1 aliphatic heterocycles. The molecular weight excluding hydrogens is 406 g/mol. The van der Waals surface area contributed by atoms with Crippen molar-refractivity contribution in [1.82, 2.24) is 10.2 Å². The summed E-state index contributed by atoms with van der Waals surface area (Å²) in [6.07, 6.45) is 0.952. The first-order chi connectivity index (χ1) is 15.4. The summed E-state index contributed by atoms with van der Waals surface area (Å²) in [4.78, 5) is 39.6. The average molecular weight is 436 g/mol. The third kappa shape index (κ3) is 5.10. The number of cyclic esters (lactones) is 1. The molecule has 4 rings (SSSR count). The fraction of sp³-hybridized carbons (Fsp3) is 0.400. The number of benzene rings is 2. The molecule has 1 saturated heterocycles. The zero-order valence-corrected chi connectivity index (χ0v) is 18.4. The number of hydrogen-bond donors (Lipinski definition) is 2. The van der Waals surface area contributed by atoms with Crippen molar-refractivity contribution < 1.29 is 19.1 Å². The van der Waals surface area contributed by atoms with Gasteiger partial charge in [-0.25, -0.2) is 4.79 Å². The molecule has 2 aliphatic rings. The zero-order chi connectivity index (χ0) is 22.7. The lowest BCUT2D eigenvalue weighted by molar-refractivity contribution is -0.126. The Morgan fingerprint density at radius 2 is 1.84 bits per heavy atom. The van der Waals surface area contributed by atoms with Crippen LogP contribution in [0.15, 0.2) is 54.6 Å². The topological polar surface area (TPSA) is 87.7 Å². The van der Waals surface area contributed by atoms with Gasteiger partial charge in [0.1, 0.15) is 0 Å². The van der Waals surface area contributed by atoms with E-state index in [1.54, 1.807) is 18.2 Å². The fourth-order valence-corrected chi connectivity index (χ4v) is 3.74. The lowest BCUT2D eigenvalue weighted by atomic mass is 10.00. The number of hydrogen-bond acceptors (Lipinski definition) is 4. The van der Waals surface area contributed by atoms with Crippen molar-refractivity contribution in [3.63, 3.8) is 0 Å². The van der Waals surface area contributed by atoms with Crippen LogP contribution in [0.5, 0.6) is 0 Å². The Morgan fingerprint density at radius 1 is 1.09 bits per heavy atom. The number of anilines is 1. The summed E-state index contributed by atoms with van der Waals surface area (Å²) in [6, 6.07) is 15.9. The van der Waals surface area contributed by atoms with Gasteiger partial charge in [0.05, 0.1) is 6.54 Å². The van der Waals surface area contributed by atoms with Gasteiger partial charge in [0.15, 0.2) is 12.1 Å². The van der Waals surface area contributed by atoms with E-state index in [1.165, 1.54) is 4.90 Å². The summed E-state index contributed by atoms with van der Waals surface area (Å²) in [5.41, 5.74) is 2.20. The van der Waals surface area contributed by atoms with E-state index >= 15 is 0 Å². The van der Waals surface area contributed by atoms with Crippen LogP contribution in [0.2, 0.25) is 0 Å². The molecule has 1 heterocycles. The molecule has 0 bridgehead atoms. The van der Waals surface area contributed by atoms with E-state index in [-0.39, 0.29) is 24.3 Å². The lowest BCUT2D eigenvalue weighted by Crippen LogP contribution is -2.46. The van der Waals surface area contributed by atoms with Crippen LogP contribution in [-0.4, -0.2) is 35.4 Å². The Balaban J connectivity index is 1.59. The summed E-state index contributed by atoms with van der Waals surface area (Å²) in [6.45, 7) is 4.53. The van der Waals surface area contributed by atoms with E-state index < -0.39 is 18.2 Å². The number of nitrogens with one attached hydrogen (secondary N) is 2. The average Bonchev–Trinajstić information content (AvgIpc) is 3.56. The van der Waals surface area contributed by atoms with Crippen LogP contribution in [0.1, 0.15) is 43.9 Å². The van der Waals surface area contributed by atoms with Crippen LogP contribution in [0.4, 0.5) is 10.5 Å². The molecule has 2 fully saturated rings. The molecule has 168 valence electrons. The first kappa shape index (κ1) is 21.9. The summed E-state index contributed by atoms with van der Waals surface area (Å²) in [5, 5.41) is 5.87. The van der Waals surface area contributed by atoms with Crippen LogP contribution in [0.25, 0.3) is 0 Å². The van der Waals surface area contributed by atoms with Crippen molar-refractivity contribution in [3.8, 4) is 0 Å². The maximum Gasteiger partial charge on any atom is 0.411 e. The molecule has 0 radical (unpaired) electrons. The Hall–Kier alpha value is -3.35. The lowest BCUT2D eigenvalue weighted by Gasteiger charge is -2.24. The van der Waals surface area contributed by atoms with Gasteiger partial charge in [-0.05, 0) is 42.0 Å². The molecule has 2 aromatic carbocycles. The van der Waals surface area contributed by atoms with Gasteiger partial charge in [0.25, 0.3) is 0 Å². The van der Waals surface area contributed by atoms with Crippen molar-refractivity contribution in [2.75, 3.05) is 11.9 Å². The van der Waals surface area contributed by atoms with Gasteiger partial charge < -0.3 is 15.4 Å². The second kappa shape index (κ2) is 9.42. The van der Waals surface area contributed by atoms with Crippen molar-refractivity contribution >= 4 is 23.6 Å². The Labute approximate surface area is 188 Å². The molecule has 2 unspecified atom stereocenters. The summed E-state index contributed by atoms with van der Waals surface area (Å²) < 4.78 is 5.71. The van der Waals surface area contributed by atoms with Crippen LogP contribution < -0.4 is 10.6 Å². The van der Waals surface area contributed by atoms with Gasteiger partial charge in [-0.15, -0.1) is 0 Å². The minimum atomic E-state index is -0.794. The number of rotatable bonds is 8. The number of carbonyl (C=O) groups excluding carboxylic acids is 3. The van der Waals surface area contributed by atoms with Gasteiger partial charge in [0.2, 0.25) is 11.8 Å². The number of nitrogens with zero attached hydrogens (tertiary/aromatic N) is 1. The minimum Gasteiger partial charge on any atom is -0.438 e. The molecule has 0 aromatic heterocycles. The highest BCUT2D eigenvalue weighted by atomic mass is 16.6. The van der Waals surface area contributed by atoms with Gasteiger partial charge in [-0.2, -0.15) is 0 Å². The van der Waals surface area contributed by atoms with E-state index in [0.717, 1.165) is 18.4 Å². The summed E-state index contributed by atoms with van der Waals surface area (Å²) >= 11 is 0. The van der Waals surface area contributed by atoms with Gasteiger partial charge in [-0.3, -0.25) is 14.5 Å². The maximum atomic E-state index is 13.2. The standard InChI is InChI=1S/C25H29N3O4/c1-16(2)23(29)27-20-10-6-9-19(13-20)22-21(24(30)26-14-17-11-12-17)28(25(31)32-22)15-18-7-4-3-5-8-18/h3-10,13,16-17,21-22H,11-12,14-15H2,1-2H3,(H,26,30)(H,27,29). The second-order valence-corrected chi connectivity index (χ2v) is 8.82. The van der Waals surface area contributed by atoms with Crippen LogP contribution in [-0.2, 0) is 20.9 Å². The zero-order valence-electron chi connectivity index (χ0n) is 18.4. The Bertz CT molecular complexity index is 988. The molecule has 7 heteroatoms. The number of amides is 3. The van der Waals surface area contributed by atoms with Gasteiger partial charge in [-0.1, -0.05) is 56.3 Å². The molecule has 2 N–H and O–H groups in total. The van der Waals surface area contributed by atoms with Crippen LogP contribution in [0, 0.1) is 11.8 Å². The monoisotopic (exact) mass is 435 g/mol. The van der Waals surface area contributed by atoms with E-state index in [2.05, 4.69) is 10.6 Å². The van der Waals surface area contributed by atoms with Crippen LogP contribution >= 0.6 is 0 Å². The van der Waals surface area contributed by atoms with Crippen molar-refractivity contribution in [3.05, 3.63) is 65.7 Å². The quantitative estimate of drug-likeness (QED) is 0.659. The van der Waals surface area contributed by atoms with Crippen molar-refractivity contribution in [2.24, 2.45) is 11.8 Å². The number of ether oxygens (including phenoxy) is 1. The van der Waals surface area contributed by atoms with Crippen molar-refractivity contribution in [1.29, 1.82) is 0 Å². The van der Waals surface area contributed by atoms with Crippen molar-refractivity contribution in [2.45, 2.75) is 45.4 Å². The highest BCUT2D eigenvalue weighted by Gasteiger charge is 2.47. The third-order valence-corrected chi connectivity index (χ3v) is 5.82. The normalized spacial score (nSPS) is 20.2. The van der Waals surface area contributed by atoms with E-state index in [9.17, 15) is 14.4 Å². The maximum absolute atomic E-state index is 13.2. The number of carbonyl (C=O) groups is 3. The summed E-state index contributed by atoms with van der Waals surface area (Å²) in [7, 11) is 0. The molecule has 2 atom stereocenters. The predicted octanol–water partition coefficient (Wildman–Crippen LogP) is 3.87.